The number of benzene rings is 3. The minimum absolute atomic E-state index is 0.0672. The molecular weight excluding hydrogens is 500 g/mol. The molecule has 3 aromatic carbocycles. The van der Waals surface area contributed by atoms with E-state index in [1.165, 1.54) is 6.07 Å². The Kier molecular flexibility index (Phi) is 8.08. The normalized spacial score (nSPS) is 11.9. The number of aromatic nitrogens is 2. The highest BCUT2D eigenvalue weighted by molar-refractivity contribution is 6.30. The van der Waals surface area contributed by atoms with Crippen LogP contribution in [0.3, 0.4) is 0 Å². The predicted molar refractivity (Wildman–Crippen MR) is 137 cm³/mol. The number of nitrogens with zero attached hydrogens (tertiary/aromatic N) is 2. The van der Waals surface area contributed by atoms with Crippen LogP contribution >= 0.6 is 11.6 Å². The van der Waals surface area contributed by atoms with E-state index in [4.69, 9.17) is 26.7 Å². The molecular formula is C28H24ClF2N3O3. The molecule has 1 heterocycles. The molecule has 0 radical (unpaired) electrons. The van der Waals surface area contributed by atoms with Gasteiger partial charge in [0, 0.05) is 22.6 Å². The molecule has 0 bridgehead atoms. The average molecular weight is 524 g/mol. The Labute approximate surface area is 217 Å². The summed E-state index contributed by atoms with van der Waals surface area (Å²) in [5, 5.41) is 12.3. The number of rotatable bonds is 9. The zero-order chi connectivity index (χ0) is 26.5. The number of fused-ring (bicyclic) bond motifs is 1. The molecule has 0 saturated carbocycles. The first-order chi connectivity index (χ1) is 17.7. The Morgan fingerprint density at radius 2 is 1.70 bits per heavy atom. The zero-order valence-corrected chi connectivity index (χ0v) is 20.7. The van der Waals surface area contributed by atoms with E-state index in [0.717, 1.165) is 17.7 Å². The number of hydrogen-bond acceptors (Lipinski definition) is 4. The van der Waals surface area contributed by atoms with Crippen molar-refractivity contribution in [3.05, 3.63) is 94.1 Å². The van der Waals surface area contributed by atoms with Gasteiger partial charge in [-0.2, -0.15) is 0 Å². The van der Waals surface area contributed by atoms with Gasteiger partial charge < -0.3 is 10.4 Å². The van der Waals surface area contributed by atoms with Crippen molar-refractivity contribution in [3.8, 4) is 11.3 Å². The Bertz CT molecular complexity index is 1460. The first-order valence-electron chi connectivity index (χ1n) is 11.8. The van der Waals surface area contributed by atoms with Gasteiger partial charge in [0.2, 0.25) is 0 Å². The number of nitrogens with one attached hydrogen (secondary N) is 1. The summed E-state index contributed by atoms with van der Waals surface area (Å²) in [5.41, 5.74) is 4.06. The highest BCUT2D eigenvalue weighted by Crippen LogP contribution is 2.27. The second-order valence-electron chi connectivity index (χ2n) is 8.70. The number of carbonyl (C=O) groups excluding carboxylic acids is 1. The fourth-order valence-corrected chi connectivity index (χ4v) is 4.09. The molecule has 0 aliphatic heterocycles. The summed E-state index contributed by atoms with van der Waals surface area (Å²) in [6.07, 6.45) is 1.69. The summed E-state index contributed by atoms with van der Waals surface area (Å²) in [5.74, 6) is -3.18. The first kappa shape index (κ1) is 26.2. The maximum Gasteiger partial charge on any atom is 0.303 e. The van der Waals surface area contributed by atoms with E-state index in [2.05, 4.69) is 5.32 Å². The van der Waals surface area contributed by atoms with Crippen LogP contribution in [0, 0.1) is 11.6 Å². The Hall–Kier alpha value is -3.91. The van der Waals surface area contributed by atoms with Gasteiger partial charge in [-0.1, -0.05) is 29.8 Å². The van der Waals surface area contributed by atoms with Crippen LogP contribution in [0.25, 0.3) is 22.3 Å². The predicted octanol–water partition coefficient (Wildman–Crippen LogP) is 6.52. The summed E-state index contributed by atoms with van der Waals surface area (Å²) in [4.78, 5) is 33.4. The molecule has 6 nitrogen and oxygen atoms in total. The van der Waals surface area contributed by atoms with Gasteiger partial charge in [0.1, 0.15) is 0 Å². The van der Waals surface area contributed by atoms with E-state index in [1.54, 1.807) is 37.3 Å². The molecule has 4 aromatic rings. The van der Waals surface area contributed by atoms with E-state index in [9.17, 15) is 18.4 Å². The van der Waals surface area contributed by atoms with Gasteiger partial charge in [-0.15, -0.1) is 0 Å². The van der Waals surface area contributed by atoms with Crippen molar-refractivity contribution in [1.29, 1.82) is 0 Å². The van der Waals surface area contributed by atoms with Gasteiger partial charge in [0.05, 0.1) is 28.5 Å². The number of aliphatic carboxylic acids is 1. The Morgan fingerprint density at radius 1 is 0.946 bits per heavy atom. The van der Waals surface area contributed by atoms with E-state index < -0.39 is 29.6 Å². The molecule has 190 valence electrons. The minimum atomic E-state index is -0.980. The largest absolute Gasteiger partial charge is 0.481 e. The van der Waals surface area contributed by atoms with E-state index in [0.29, 0.717) is 57.8 Å². The molecule has 0 fully saturated rings. The Morgan fingerprint density at radius 3 is 2.41 bits per heavy atom. The standard InChI is InChI=1S/C28H24ClF2N3O3/c1-16(18-8-12-21(30)22(31)14-18)32-28(37)19-9-13-23-25(15-19)33-24(4-2-3-5-26(35)36)27(34-23)17-6-10-20(29)11-7-17/h6-16H,2-5H2,1H3,(H,32,37)(H,35,36). The van der Waals surface area contributed by atoms with Crippen LogP contribution in [0.5, 0.6) is 0 Å². The summed E-state index contributed by atoms with van der Waals surface area (Å²) in [6.45, 7) is 1.68. The fraction of sp³-hybridized carbons (Fsp3) is 0.214. The first-order valence-corrected chi connectivity index (χ1v) is 12.1. The lowest BCUT2D eigenvalue weighted by atomic mass is 10.0. The van der Waals surface area contributed by atoms with Crippen molar-refractivity contribution in [2.75, 3.05) is 0 Å². The number of halogens is 3. The van der Waals surface area contributed by atoms with E-state index in [-0.39, 0.29) is 6.42 Å². The smallest absolute Gasteiger partial charge is 0.303 e. The molecule has 37 heavy (non-hydrogen) atoms. The second kappa shape index (κ2) is 11.4. The van der Waals surface area contributed by atoms with Gasteiger partial charge in [0.15, 0.2) is 11.6 Å². The lowest BCUT2D eigenvalue weighted by molar-refractivity contribution is -0.137. The van der Waals surface area contributed by atoms with Crippen LogP contribution in [0.15, 0.2) is 60.7 Å². The van der Waals surface area contributed by atoms with Crippen LogP contribution in [0.4, 0.5) is 8.78 Å². The highest BCUT2D eigenvalue weighted by atomic mass is 35.5. The number of amides is 1. The lowest BCUT2D eigenvalue weighted by Crippen LogP contribution is -2.26. The van der Waals surface area contributed by atoms with Crippen LogP contribution in [0.1, 0.15) is 53.8 Å². The highest BCUT2D eigenvalue weighted by Gasteiger charge is 2.16. The van der Waals surface area contributed by atoms with Gasteiger partial charge in [-0.05, 0) is 74.2 Å². The van der Waals surface area contributed by atoms with Crippen molar-refractivity contribution < 1.29 is 23.5 Å². The number of aryl methyl sites for hydroxylation is 1. The maximum absolute atomic E-state index is 13.6. The molecule has 4 rings (SSSR count). The second-order valence-corrected chi connectivity index (χ2v) is 9.14. The monoisotopic (exact) mass is 523 g/mol. The molecule has 9 heteroatoms. The third-order valence-corrected chi connectivity index (χ3v) is 6.21. The van der Waals surface area contributed by atoms with Gasteiger partial charge in [-0.25, -0.2) is 18.7 Å². The van der Waals surface area contributed by atoms with Crippen molar-refractivity contribution in [2.24, 2.45) is 0 Å². The van der Waals surface area contributed by atoms with Crippen molar-refractivity contribution in [1.82, 2.24) is 15.3 Å². The number of unbranched alkanes of at least 4 members (excludes halogenated alkanes) is 1. The van der Waals surface area contributed by atoms with E-state index in [1.807, 2.05) is 12.1 Å². The van der Waals surface area contributed by atoms with Crippen LogP contribution < -0.4 is 5.32 Å². The number of carboxylic acid groups (broad SMARTS) is 1. The van der Waals surface area contributed by atoms with Gasteiger partial charge in [0.25, 0.3) is 5.91 Å². The van der Waals surface area contributed by atoms with Crippen molar-refractivity contribution in [2.45, 2.75) is 38.6 Å². The SMILES string of the molecule is CC(NC(=O)c1ccc2nc(-c3ccc(Cl)cc3)c(CCCCC(=O)O)nc2c1)c1ccc(F)c(F)c1. The summed E-state index contributed by atoms with van der Waals surface area (Å²) in [6, 6.07) is 15.1. The van der Waals surface area contributed by atoms with Gasteiger partial charge in [-0.3, -0.25) is 9.59 Å². The molecule has 1 aromatic heterocycles. The minimum Gasteiger partial charge on any atom is -0.481 e. The van der Waals surface area contributed by atoms with Crippen LogP contribution in [0.2, 0.25) is 5.02 Å². The molecule has 0 spiro atoms. The number of carbonyl (C=O) groups is 2. The molecule has 0 aliphatic rings. The average Bonchev–Trinajstić information content (AvgIpc) is 2.87. The lowest BCUT2D eigenvalue weighted by Gasteiger charge is -2.15. The van der Waals surface area contributed by atoms with Gasteiger partial charge >= 0.3 is 5.97 Å². The van der Waals surface area contributed by atoms with Crippen LogP contribution in [-0.2, 0) is 11.2 Å². The third-order valence-electron chi connectivity index (χ3n) is 5.96. The molecule has 2 N–H and O–H groups in total. The fourth-order valence-electron chi connectivity index (χ4n) is 3.96. The molecule has 1 amide bonds. The summed E-state index contributed by atoms with van der Waals surface area (Å²) in [7, 11) is 0. The zero-order valence-electron chi connectivity index (χ0n) is 20.0. The molecule has 0 saturated heterocycles. The summed E-state index contributed by atoms with van der Waals surface area (Å²) >= 11 is 6.04. The Balaban J connectivity index is 1.62. The molecule has 0 aliphatic carbocycles. The quantitative estimate of drug-likeness (QED) is 0.244. The third kappa shape index (κ3) is 6.46. The van der Waals surface area contributed by atoms with E-state index >= 15 is 0 Å². The molecule has 1 unspecified atom stereocenters. The molecule has 1 atom stereocenters. The number of carboxylic acids is 1. The summed E-state index contributed by atoms with van der Waals surface area (Å²) < 4.78 is 26.9. The number of hydrogen-bond donors (Lipinski definition) is 2. The van der Waals surface area contributed by atoms with Crippen molar-refractivity contribution >= 4 is 34.5 Å². The van der Waals surface area contributed by atoms with Crippen LogP contribution in [-0.4, -0.2) is 27.0 Å². The maximum atomic E-state index is 13.6. The van der Waals surface area contributed by atoms with Crippen molar-refractivity contribution in [3.63, 3.8) is 0 Å². The topological polar surface area (TPSA) is 92.2 Å².